The lowest BCUT2D eigenvalue weighted by atomic mass is 10.1. The van der Waals surface area contributed by atoms with Gasteiger partial charge in [0.05, 0.1) is 25.4 Å². The molecule has 5 heteroatoms. The summed E-state index contributed by atoms with van der Waals surface area (Å²) < 4.78 is 10.9. The molecule has 0 bridgehead atoms. The zero-order valence-corrected chi connectivity index (χ0v) is 11.8. The van der Waals surface area contributed by atoms with Crippen molar-refractivity contribution < 1.29 is 19.7 Å². The van der Waals surface area contributed by atoms with E-state index in [0.717, 1.165) is 31.6 Å². The van der Waals surface area contributed by atoms with Crippen molar-refractivity contribution >= 4 is 0 Å². The molecule has 2 atom stereocenters. The van der Waals surface area contributed by atoms with Crippen LogP contribution >= 0.6 is 0 Å². The van der Waals surface area contributed by atoms with E-state index in [-0.39, 0.29) is 24.5 Å². The van der Waals surface area contributed by atoms with E-state index in [9.17, 15) is 10.2 Å². The molecule has 1 saturated heterocycles. The third kappa shape index (κ3) is 3.85. The number of aliphatic hydroxyl groups excluding tert-OH is 1. The molecule has 1 heterocycles. The second-order valence-electron chi connectivity index (χ2n) is 4.94. The summed E-state index contributed by atoms with van der Waals surface area (Å²) in [4.78, 5) is 0. The number of aliphatic hydroxyl groups is 1. The molecule has 1 aromatic carbocycles. The van der Waals surface area contributed by atoms with Gasteiger partial charge in [0.1, 0.15) is 0 Å². The Kier molecular flexibility index (Phi) is 5.64. The highest BCUT2D eigenvalue weighted by Crippen LogP contribution is 2.29. The molecule has 1 aliphatic rings. The minimum atomic E-state index is -0.181. The predicted octanol–water partition coefficient (Wildman–Crippen LogP) is 1.59. The van der Waals surface area contributed by atoms with Crippen LogP contribution in [0.3, 0.4) is 0 Å². The molecular formula is C15H23NO4. The third-order valence-electron chi connectivity index (χ3n) is 3.48. The fraction of sp³-hybridized carbons (Fsp3) is 0.600. The zero-order chi connectivity index (χ0) is 14.4. The average Bonchev–Trinajstić information content (AvgIpc) is 2.96. The Hall–Kier alpha value is -1.30. The van der Waals surface area contributed by atoms with Crippen molar-refractivity contribution in [3.05, 3.63) is 23.8 Å². The number of nitrogens with one attached hydrogen (secondary N) is 1. The standard InChI is InChI=1S/C15H23NO4/c1-2-19-15-8-11(5-6-14(15)18)13(10-17)16-9-12-4-3-7-20-12/h5-6,8,12-13,16-18H,2-4,7,9-10H2,1H3. The predicted molar refractivity (Wildman–Crippen MR) is 76.1 cm³/mol. The maximum Gasteiger partial charge on any atom is 0.161 e. The molecule has 1 aliphatic heterocycles. The molecule has 0 aliphatic carbocycles. The monoisotopic (exact) mass is 281 g/mol. The van der Waals surface area contributed by atoms with Crippen molar-refractivity contribution in [2.24, 2.45) is 0 Å². The van der Waals surface area contributed by atoms with E-state index in [1.807, 2.05) is 6.92 Å². The number of ether oxygens (including phenoxy) is 2. The van der Waals surface area contributed by atoms with E-state index >= 15 is 0 Å². The normalized spacial score (nSPS) is 20.0. The van der Waals surface area contributed by atoms with Gasteiger partial charge >= 0.3 is 0 Å². The maximum absolute atomic E-state index is 9.70. The summed E-state index contributed by atoms with van der Waals surface area (Å²) in [5.41, 5.74) is 0.895. The Bertz CT molecular complexity index is 418. The van der Waals surface area contributed by atoms with E-state index in [4.69, 9.17) is 9.47 Å². The molecule has 0 aromatic heterocycles. The first kappa shape index (κ1) is 15.1. The smallest absolute Gasteiger partial charge is 0.161 e. The van der Waals surface area contributed by atoms with Gasteiger partial charge in [0, 0.05) is 13.2 Å². The van der Waals surface area contributed by atoms with E-state index in [2.05, 4.69) is 5.32 Å². The number of rotatable bonds is 7. The van der Waals surface area contributed by atoms with Gasteiger partial charge in [-0.3, -0.25) is 0 Å². The number of benzene rings is 1. The topological polar surface area (TPSA) is 71.0 Å². The molecule has 0 radical (unpaired) electrons. The van der Waals surface area contributed by atoms with Crippen LogP contribution in [0.1, 0.15) is 31.4 Å². The molecule has 2 rings (SSSR count). The van der Waals surface area contributed by atoms with Crippen molar-refractivity contribution in [1.82, 2.24) is 5.32 Å². The largest absolute Gasteiger partial charge is 0.504 e. The van der Waals surface area contributed by atoms with Crippen LogP contribution in [0, 0.1) is 0 Å². The first-order valence-corrected chi connectivity index (χ1v) is 7.16. The van der Waals surface area contributed by atoms with E-state index in [1.165, 1.54) is 0 Å². The number of aromatic hydroxyl groups is 1. The second-order valence-corrected chi connectivity index (χ2v) is 4.94. The Balaban J connectivity index is 2.00. The highest BCUT2D eigenvalue weighted by molar-refractivity contribution is 5.42. The molecule has 5 nitrogen and oxygen atoms in total. The van der Waals surface area contributed by atoms with Gasteiger partial charge in [0.15, 0.2) is 11.5 Å². The summed E-state index contributed by atoms with van der Waals surface area (Å²) in [7, 11) is 0. The molecule has 112 valence electrons. The summed E-state index contributed by atoms with van der Waals surface area (Å²) in [6, 6.07) is 4.97. The Morgan fingerprint density at radius 2 is 2.35 bits per heavy atom. The summed E-state index contributed by atoms with van der Waals surface area (Å²) in [6.07, 6.45) is 2.39. The first-order chi connectivity index (χ1) is 9.74. The van der Waals surface area contributed by atoms with Gasteiger partial charge in [-0.05, 0) is 37.5 Å². The highest BCUT2D eigenvalue weighted by Gasteiger charge is 2.18. The molecule has 20 heavy (non-hydrogen) atoms. The van der Waals surface area contributed by atoms with Crippen LogP contribution in [0.4, 0.5) is 0 Å². The first-order valence-electron chi connectivity index (χ1n) is 7.16. The second kappa shape index (κ2) is 7.47. The number of phenols is 1. The molecule has 0 spiro atoms. The number of phenolic OH excluding ortho intramolecular Hbond substituents is 1. The number of hydrogen-bond donors (Lipinski definition) is 3. The third-order valence-corrected chi connectivity index (χ3v) is 3.48. The van der Waals surface area contributed by atoms with Gasteiger partial charge in [-0.2, -0.15) is 0 Å². The van der Waals surface area contributed by atoms with Crippen LogP contribution in [0.25, 0.3) is 0 Å². The fourth-order valence-corrected chi connectivity index (χ4v) is 2.39. The van der Waals surface area contributed by atoms with Crippen molar-refractivity contribution in [2.75, 3.05) is 26.4 Å². The molecule has 2 unspecified atom stereocenters. The SMILES string of the molecule is CCOc1cc(C(CO)NCC2CCCO2)ccc1O. The van der Waals surface area contributed by atoms with Crippen molar-refractivity contribution in [3.63, 3.8) is 0 Å². The lowest BCUT2D eigenvalue weighted by molar-refractivity contribution is 0.104. The summed E-state index contributed by atoms with van der Waals surface area (Å²) in [5, 5.41) is 22.5. The van der Waals surface area contributed by atoms with Crippen LogP contribution in [-0.4, -0.2) is 42.7 Å². The van der Waals surface area contributed by atoms with Gasteiger partial charge in [-0.15, -0.1) is 0 Å². The highest BCUT2D eigenvalue weighted by atomic mass is 16.5. The lowest BCUT2D eigenvalue weighted by Crippen LogP contribution is -2.31. The van der Waals surface area contributed by atoms with Crippen LogP contribution in [0.5, 0.6) is 11.5 Å². The van der Waals surface area contributed by atoms with Crippen molar-refractivity contribution in [3.8, 4) is 11.5 Å². The van der Waals surface area contributed by atoms with Crippen molar-refractivity contribution in [1.29, 1.82) is 0 Å². The Morgan fingerprint density at radius 3 is 3.00 bits per heavy atom. The van der Waals surface area contributed by atoms with E-state index in [0.29, 0.717) is 12.4 Å². The summed E-state index contributed by atoms with van der Waals surface area (Å²) in [6.45, 7) is 3.89. The zero-order valence-electron chi connectivity index (χ0n) is 11.8. The van der Waals surface area contributed by atoms with Crippen LogP contribution < -0.4 is 10.1 Å². The summed E-state index contributed by atoms with van der Waals surface area (Å²) >= 11 is 0. The molecule has 3 N–H and O–H groups in total. The van der Waals surface area contributed by atoms with Gasteiger partial charge < -0.3 is 25.0 Å². The molecule has 0 amide bonds. The average molecular weight is 281 g/mol. The minimum absolute atomic E-state index is 0.0109. The molecule has 0 saturated carbocycles. The Morgan fingerprint density at radius 1 is 1.50 bits per heavy atom. The van der Waals surface area contributed by atoms with Gasteiger partial charge in [0.2, 0.25) is 0 Å². The summed E-state index contributed by atoms with van der Waals surface area (Å²) in [5.74, 6) is 0.564. The fourth-order valence-electron chi connectivity index (χ4n) is 2.39. The molecule has 1 aromatic rings. The Labute approximate surface area is 119 Å². The van der Waals surface area contributed by atoms with Crippen LogP contribution in [0.2, 0.25) is 0 Å². The van der Waals surface area contributed by atoms with Gasteiger partial charge in [-0.25, -0.2) is 0 Å². The van der Waals surface area contributed by atoms with Gasteiger partial charge in [0.25, 0.3) is 0 Å². The maximum atomic E-state index is 9.70. The quantitative estimate of drug-likeness (QED) is 0.708. The molecular weight excluding hydrogens is 258 g/mol. The van der Waals surface area contributed by atoms with Crippen molar-refractivity contribution in [2.45, 2.75) is 31.9 Å². The number of hydrogen-bond acceptors (Lipinski definition) is 5. The van der Waals surface area contributed by atoms with Crippen LogP contribution in [-0.2, 0) is 4.74 Å². The lowest BCUT2D eigenvalue weighted by Gasteiger charge is -2.20. The van der Waals surface area contributed by atoms with Gasteiger partial charge in [-0.1, -0.05) is 6.07 Å². The minimum Gasteiger partial charge on any atom is -0.504 e. The van der Waals surface area contributed by atoms with E-state index < -0.39 is 0 Å². The molecule has 1 fully saturated rings. The van der Waals surface area contributed by atoms with E-state index in [1.54, 1.807) is 18.2 Å². The van der Waals surface area contributed by atoms with Crippen LogP contribution in [0.15, 0.2) is 18.2 Å².